The van der Waals surface area contributed by atoms with E-state index in [1.807, 2.05) is 46.8 Å². The second-order valence-corrected chi connectivity index (χ2v) is 7.55. The number of rotatable bonds is 2. The largest absolute Gasteiger partial charge is 0.416 e. The molecule has 0 nitrogen and oxygen atoms in total. The van der Waals surface area contributed by atoms with E-state index in [-0.39, 0.29) is 0 Å². The molecule has 0 bridgehead atoms. The number of alkyl halides is 3. The van der Waals surface area contributed by atoms with Crippen molar-refractivity contribution >= 4 is 11.6 Å². The smallest absolute Gasteiger partial charge is 0.166 e. The van der Waals surface area contributed by atoms with Crippen molar-refractivity contribution in [2.24, 2.45) is 0 Å². The van der Waals surface area contributed by atoms with E-state index < -0.39 is 11.7 Å². The van der Waals surface area contributed by atoms with Crippen molar-refractivity contribution in [3.8, 4) is 0 Å². The lowest BCUT2D eigenvalue weighted by Gasteiger charge is -2.13. The monoisotopic (exact) mass is 426 g/mol. The first-order chi connectivity index (χ1) is 13.8. The predicted octanol–water partition coefficient (Wildman–Crippen LogP) is 9.47. The van der Waals surface area contributed by atoms with Gasteiger partial charge >= 0.3 is 6.18 Å². The van der Waals surface area contributed by atoms with E-state index >= 15 is 0 Å². The SMILES string of the molecule is CC.CC.Cc1cc(C(F)(F)F)cc(C2CC2)c1C.Clc1cccc(C2CC2)c1. The topological polar surface area (TPSA) is 0 Å². The molecule has 2 aliphatic rings. The zero-order chi connectivity index (χ0) is 22.2. The molecule has 2 fully saturated rings. The fourth-order valence-electron chi connectivity index (χ4n) is 3.05. The maximum atomic E-state index is 12.6. The third-order valence-electron chi connectivity index (χ3n) is 4.95. The highest BCUT2D eigenvalue weighted by molar-refractivity contribution is 6.30. The zero-order valence-corrected chi connectivity index (χ0v) is 19.2. The van der Waals surface area contributed by atoms with Gasteiger partial charge in [-0.1, -0.05) is 51.4 Å². The van der Waals surface area contributed by atoms with Crippen LogP contribution in [0, 0.1) is 13.8 Å². The van der Waals surface area contributed by atoms with Crippen LogP contribution in [0.1, 0.15) is 93.0 Å². The van der Waals surface area contributed by atoms with Gasteiger partial charge in [-0.25, -0.2) is 0 Å². The first kappa shape index (κ1) is 25.6. The van der Waals surface area contributed by atoms with Crippen LogP contribution in [-0.2, 0) is 6.18 Å². The molecule has 0 aliphatic heterocycles. The molecule has 2 saturated carbocycles. The maximum Gasteiger partial charge on any atom is 0.416 e. The minimum Gasteiger partial charge on any atom is -0.166 e. The standard InChI is InChI=1S/C12H13F3.C9H9Cl.2C2H6/c1-7-5-10(12(13,14)15)6-11(8(7)2)9-3-4-9;10-9-3-1-2-8(6-9)7-4-5-7;2*1-2/h5-6,9H,3-4H2,1-2H3;1-3,6-7H,4-5H2;2*1-2H3. The Labute approximate surface area is 179 Å². The summed E-state index contributed by atoms with van der Waals surface area (Å²) in [4.78, 5) is 0. The Kier molecular flexibility index (Phi) is 10.3. The molecule has 0 aromatic heterocycles. The lowest BCUT2D eigenvalue weighted by Crippen LogP contribution is -2.07. The highest BCUT2D eigenvalue weighted by Crippen LogP contribution is 2.44. The zero-order valence-electron chi connectivity index (χ0n) is 18.5. The first-order valence-electron chi connectivity index (χ1n) is 10.7. The quantitative estimate of drug-likeness (QED) is 0.448. The summed E-state index contributed by atoms with van der Waals surface area (Å²) in [6, 6.07) is 10.7. The van der Waals surface area contributed by atoms with Crippen LogP contribution in [0.15, 0.2) is 36.4 Å². The average molecular weight is 427 g/mol. The van der Waals surface area contributed by atoms with Crippen LogP contribution in [0.2, 0.25) is 5.02 Å². The van der Waals surface area contributed by atoms with Crippen LogP contribution in [0.3, 0.4) is 0 Å². The third-order valence-corrected chi connectivity index (χ3v) is 5.18. The van der Waals surface area contributed by atoms with Crippen LogP contribution >= 0.6 is 11.6 Å². The van der Waals surface area contributed by atoms with Crippen LogP contribution < -0.4 is 0 Å². The van der Waals surface area contributed by atoms with Crippen LogP contribution in [0.25, 0.3) is 0 Å². The van der Waals surface area contributed by atoms with Crippen molar-refractivity contribution in [2.45, 2.75) is 85.2 Å². The Balaban J connectivity index is 0.000000260. The van der Waals surface area contributed by atoms with Crippen molar-refractivity contribution < 1.29 is 13.2 Å². The molecular formula is C25H34ClF3. The lowest BCUT2D eigenvalue weighted by molar-refractivity contribution is -0.137. The highest BCUT2D eigenvalue weighted by Gasteiger charge is 2.34. The van der Waals surface area contributed by atoms with Crippen molar-refractivity contribution in [1.82, 2.24) is 0 Å². The van der Waals surface area contributed by atoms with E-state index in [1.165, 1.54) is 30.5 Å². The van der Waals surface area contributed by atoms with Crippen LogP contribution in [0.5, 0.6) is 0 Å². The average Bonchev–Trinajstić information content (AvgIpc) is 3.59. The number of aryl methyl sites for hydroxylation is 1. The van der Waals surface area contributed by atoms with Crippen LogP contribution in [-0.4, -0.2) is 0 Å². The van der Waals surface area contributed by atoms with E-state index in [2.05, 4.69) is 12.1 Å². The van der Waals surface area contributed by atoms with E-state index in [1.54, 1.807) is 6.92 Å². The van der Waals surface area contributed by atoms with Gasteiger partial charge in [0.2, 0.25) is 0 Å². The van der Waals surface area contributed by atoms with Gasteiger partial charge in [-0.15, -0.1) is 0 Å². The van der Waals surface area contributed by atoms with Gasteiger partial charge in [-0.05, 0) is 97.9 Å². The molecule has 2 aromatic carbocycles. The number of benzene rings is 2. The summed E-state index contributed by atoms with van der Waals surface area (Å²) >= 11 is 5.82. The molecule has 0 amide bonds. The van der Waals surface area contributed by atoms with Gasteiger partial charge in [0, 0.05) is 5.02 Å². The van der Waals surface area contributed by atoms with E-state index in [0.717, 1.165) is 40.5 Å². The van der Waals surface area contributed by atoms with Crippen molar-refractivity contribution in [2.75, 3.05) is 0 Å². The fraction of sp³-hybridized carbons (Fsp3) is 0.520. The normalized spacial score (nSPS) is 15.1. The Morgan fingerprint density at radius 1 is 0.828 bits per heavy atom. The molecule has 29 heavy (non-hydrogen) atoms. The second-order valence-electron chi connectivity index (χ2n) is 7.11. The molecule has 4 heteroatoms. The third kappa shape index (κ3) is 8.04. The van der Waals surface area contributed by atoms with Gasteiger partial charge in [0.05, 0.1) is 5.56 Å². The summed E-state index contributed by atoms with van der Waals surface area (Å²) in [6.45, 7) is 11.7. The molecule has 4 rings (SSSR count). The first-order valence-corrected chi connectivity index (χ1v) is 11.1. The van der Waals surface area contributed by atoms with E-state index in [9.17, 15) is 13.2 Å². The fourth-order valence-corrected chi connectivity index (χ4v) is 3.24. The van der Waals surface area contributed by atoms with Gasteiger partial charge in [0.1, 0.15) is 0 Å². The molecule has 2 aliphatic carbocycles. The van der Waals surface area contributed by atoms with E-state index in [0.29, 0.717) is 5.92 Å². The predicted molar refractivity (Wildman–Crippen MR) is 119 cm³/mol. The summed E-state index contributed by atoms with van der Waals surface area (Å²) in [5, 5.41) is 0.865. The van der Waals surface area contributed by atoms with Crippen LogP contribution in [0.4, 0.5) is 13.2 Å². The molecule has 0 spiro atoms. The number of hydrogen-bond donors (Lipinski definition) is 0. The minimum atomic E-state index is -4.22. The summed E-state index contributed by atoms with van der Waals surface area (Å²) < 4.78 is 37.7. The maximum absolute atomic E-state index is 12.6. The van der Waals surface area contributed by atoms with Gasteiger partial charge in [0.15, 0.2) is 0 Å². The summed E-state index contributed by atoms with van der Waals surface area (Å²) in [7, 11) is 0. The summed E-state index contributed by atoms with van der Waals surface area (Å²) in [5.74, 6) is 1.18. The van der Waals surface area contributed by atoms with Crippen molar-refractivity contribution in [3.63, 3.8) is 0 Å². The highest BCUT2D eigenvalue weighted by atomic mass is 35.5. The van der Waals surface area contributed by atoms with Gasteiger partial charge < -0.3 is 0 Å². The van der Waals surface area contributed by atoms with Gasteiger partial charge in [-0.2, -0.15) is 13.2 Å². The Morgan fingerprint density at radius 2 is 1.38 bits per heavy atom. The van der Waals surface area contributed by atoms with Gasteiger partial charge in [-0.3, -0.25) is 0 Å². The lowest BCUT2D eigenvalue weighted by atomic mass is 9.96. The molecule has 2 aromatic rings. The molecule has 0 radical (unpaired) electrons. The van der Waals surface area contributed by atoms with E-state index in [4.69, 9.17) is 11.6 Å². The molecule has 0 atom stereocenters. The minimum absolute atomic E-state index is 0.367. The number of hydrogen-bond acceptors (Lipinski definition) is 0. The Morgan fingerprint density at radius 3 is 1.83 bits per heavy atom. The molecule has 0 heterocycles. The molecule has 0 unspecified atom stereocenters. The molecule has 0 N–H and O–H groups in total. The Bertz CT molecular complexity index is 757. The summed E-state index contributed by atoms with van der Waals surface area (Å²) in [5.41, 5.74) is 3.56. The van der Waals surface area contributed by atoms with Gasteiger partial charge in [0.25, 0.3) is 0 Å². The molecule has 162 valence electrons. The molecule has 0 saturated heterocycles. The molecular weight excluding hydrogens is 393 g/mol. The Hall–Kier alpha value is -1.48. The second kappa shape index (κ2) is 11.6. The summed E-state index contributed by atoms with van der Waals surface area (Å²) in [6.07, 6.45) is 0.534. The van der Waals surface area contributed by atoms with Crippen molar-refractivity contribution in [1.29, 1.82) is 0 Å². The number of halogens is 4. The van der Waals surface area contributed by atoms with Crippen molar-refractivity contribution in [3.05, 3.63) is 69.2 Å².